The molecule has 184 valence electrons. The summed E-state index contributed by atoms with van der Waals surface area (Å²) >= 11 is 0. The zero-order valence-electron chi connectivity index (χ0n) is 20.0. The van der Waals surface area contributed by atoms with Crippen molar-refractivity contribution in [3.63, 3.8) is 0 Å². The number of rotatable bonds is 2. The first kappa shape index (κ1) is 24.5. The molecule has 7 heteroatoms. The van der Waals surface area contributed by atoms with Crippen LogP contribution in [-0.4, -0.2) is 36.0 Å². The van der Waals surface area contributed by atoms with E-state index in [4.69, 9.17) is 14.2 Å². The fraction of sp³-hybridized carbons (Fsp3) is 0.393. The van der Waals surface area contributed by atoms with Gasteiger partial charge in [-0.25, -0.2) is 4.79 Å². The Morgan fingerprint density at radius 1 is 1.09 bits per heavy atom. The lowest BCUT2D eigenvalue weighted by Crippen LogP contribution is -2.23. The molecule has 35 heavy (non-hydrogen) atoms. The lowest BCUT2D eigenvalue weighted by Gasteiger charge is -2.28. The van der Waals surface area contributed by atoms with Crippen molar-refractivity contribution in [2.24, 2.45) is 0 Å². The van der Waals surface area contributed by atoms with Gasteiger partial charge in [0.1, 0.15) is 28.6 Å². The summed E-state index contributed by atoms with van der Waals surface area (Å²) < 4.78 is 16.5. The van der Waals surface area contributed by atoms with E-state index >= 15 is 0 Å². The second-order valence-electron chi connectivity index (χ2n) is 9.05. The maximum Gasteiger partial charge on any atom is 0.342 e. The van der Waals surface area contributed by atoms with Crippen molar-refractivity contribution in [1.82, 2.24) is 0 Å². The summed E-state index contributed by atoms with van der Waals surface area (Å²) in [5.74, 6) is -0.799. The maximum absolute atomic E-state index is 13.3. The van der Waals surface area contributed by atoms with E-state index in [0.717, 1.165) is 5.56 Å². The Labute approximate surface area is 204 Å². The number of aromatic hydroxyl groups is 1. The molecule has 0 radical (unpaired) electrons. The molecule has 2 aromatic carbocycles. The van der Waals surface area contributed by atoms with Crippen LogP contribution in [0.3, 0.4) is 0 Å². The average molecular weight is 479 g/mol. The van der Waals surface area contributed by atoms with Crippen molar-refractivity contribution in [1.29, 1.82) is 0 Å². The van der Waals surface area contributed by atoms with Crippen molar-refractivity contribution in [3.05, 3.63) is 58.7 Å². The van der Waals surface area contributed by atoms with E-state index in [1.165, 1.54) is 0 Å². The van der Waals surface area contributed by atoms with Gasteiger partial charge in [-0.1, -0.05) is 24.3 Å². The molecule has 0 aliphatic carbocycles. The SMILES string of the molecule is COc1cccc([C@H]2CC(=O)Oc3cc4c(c(O)c32)C(=O)O[C@@H](C)CCCC(=O)CCCC=C4)c1. The number of benzene rings is 2. The Bertz CT molecular complexity index is 1160. The van der Waals surface area contributed by atoms with Gasteiger partial charge in [0.05, 0.1) is 19.6 Å². The number of phenols is 1. The van der Waals surface area contributed by atoms with E-state index < -0.39 is 24.0 Å². The predicted molar refractivity (Wildman–Crippen MR) is 130 cm³/mol. The van der Waals surface area contributed by atoms with Crippen LogP contribution < -0.4 is 9.47 Å². The molecule has 0 bridgehead atoms. The number of esters is 2. The van der Waals surface area contributed by atoms with E-state index in [1.807, 2.05) is 18.2 Å². The van der Waals surface area contributed by atoms with Crippen LogP contribution in [0.2, 0.25) is 0 Å². The molecule has 0 saturated heterocycles. The van der Waals surface area contributed by atoms with Crippen LogP contribution in [0.5, 0.6) is 17.2 Å². The highest BCUT2D eigenvalue weighted by Crippen LogP contribution is 2.47. The van der Waals surface area contributed by atoms with Crippen LogP contribution >= 0.6 is 0 Å². The zero-order valence-corrected chi connectivity index (χ0v) is 20.0. The van der Waals surface area contributed by atoms with E-state index in [1.54, 1.807) is 38.3 Å². The summed E-state index contributed by atoms with van der Waals surface area (Å²) in [6.45, 7) is 1.78. The average Bonchev–Trinajstić information content (AvgIpc) is 2.82. The summed E-state index contributed by atoms with van der Waals surface area (Å²) in [7, 11) is 1.56. The van der Waals surface area contributed by atoms with Crippen molar-refractivity contribution < 1.29 is 33.7 Å². The van der Waals surface area contributed by atoms with E-state index in [9.17, 15) is 19.5 Å². The third kappa shape index (κ3) is 5.56. The summed E-state index contributed by atoms with van der Waals surface area (Å²) in [6.07, 6.45) is 6.66. The number of carbonyl (C=O) groups is 3. The van der Waals surface area contributed by atoms with E-state index in [-0.39, 0.29) is 29.3 Å². The number of carbonyl (C=O) groups excluding carboxylic acids is 3. The number of methoxy groups -OCH3 is 1. The molecule has 2 heterocycles. The maximum atomic E-state index is 13.3. The minimum Gasteiger partial charge on any atom is -0.507 e. The molecule has 0 amide bonds. The van der Waals surface area contributed by atoms with Gasteiger partial charge in [0, 0.05) is 24.3 Å². The Morgan fingerprint density at radius 2 is 1.89 bits per heavy atom. The molecule has 0 aromatic heterocycles. The van der Waals surface area contributed by atoms with E-state index in [0.29, 0.717) is 55.4 Å². The number of hydrogen-bond acceptors (Lipinski definition) is 7. The zero-order chi connectivity index (χ0) is 24.9. The second kappa shape index (κ2) is 10.8. The Morgan fingerprint density at radius 3 is 2.69 bits per heavy atom. The number of fused-ring (bicyclic) bond motifs is 2. The fourth-order valence-corrected chi connectivity index (χ4v) is 4.66. The van der Waals surface area contributed by atoms with Crippen LogP contribution in [0, 0.1) is 0 Å². The first-order chi connectivity index (χ1) is 16.9. The van der Waals surface area contributed by atoms with Gasteiger partial charge >= 0.3 is 11.9 Å². The number of allylic oxidation sites excluding steroid dienone is 1. The van der Waals surface area contributed by atoms with Crippen molar-refractivity contribution in [2.45, 2.75) is 63.9 Å². The second-order valence-corrected chi connectivity index (χ2v) is 9.05. The molecular weight excluding hydrogens is 448 g/mol. The number of hydrogen-bond donors (Lipinski definition) is 1. The smallest absolute Gasteiger partial charge is 0.342 e. The molecule has 2 atom stereocenters. The summed E-state index contributed by atoms with van der Waals surface area (Å²) in [6, 6.07) is 8.87. The van der Waals surface area contributed by atoms with Gasteiger partial charge in [-0.2, -0.15) is 0 Å². The molecule has 0 fully saturated rings. The largest absolute Gasteiger partial charge is 0.507 e. The lowest BCUT2D eigenvalue weighted by molar-refractivity contribution is -0.135. The van der Waals surface area contributed by atoms with Gasteiger partial charge < -0.3 is 19.3 Å². The molecule has 1 N–H and O–H groups in total. The van der Waals surface area contributed by atoms with E-state index in [2.05, 4.69) is 0 Å². The minimum absolute atomic E-state index is 0.0157. The molecule has 4 rings (SSSR count). The van der Waals surface area contributed by atoms with Crippen LogP contribution in [0.1, 0.15) is 84.8 Å². The first-order valence-electron chi connectivity index (χ1n) is 12.0. The first-order valence-corrected chi connectivity index (χ1v) is 12.0. The highest BCUT2D eigenvalue weighted by atomic mass is 16.5. The van der Waals surface area contributed by atoms with Gasteiger partial charge in [-0.05, 0) is 61.9 Å². The molecule has 0 saturated carbocycles. The van der Waals surface area contributed by atoms with Gasteiger partial charge in [0.2, 0.25) is 0 Å². The monoisotopic (exact) mass is 478 g/mol. The number of cyclic esters (lactones) is 1. The molecule has 7 nitrogen and oxygen atoms in total. The van der Waals surface area contributed by atoms with Crippen LogP contribution in [0.4, 0.5) is 0 Å². The van der Waals surface area contributed by atoms with Crippen LogP contribution in [0.25, 0.3) is 6.08 Å². The predicted octanol–water partition coefficient (Wildman–Crippen LogP) is 5.32. The molecule has 2 aliphatic rings. The third-order valence-electron chi connectivity index (χ3n) is 6.47. The van der Waals surface area contributed by atoms with Crippen LogP contribution in [-0.2, 0) is 14.3 Å². The van der Waals surface area contributed by atoms with Gasteiger partial charge in [0.25, 0.3) is 0 Å². The molecule has 2 aliphatic heterocycles. The molecule has 0 unspecified atom stereocenters. The lowest BCUT2D eigenvalue weighted by atomic mass is 9.83. The molecular formula is C28H30O7. The highest BCUT2D eigenvalue weighted by molar-refractivity contribution is 5.98. The normalized spacial score (nSPS) is 21.3. The number of ketones is 1. The minimum atomic E-state index is -0.651. The molecule has 2 aromatic rings. The summed E-state index contributed by atoms with van der Waals surface area (Å²) in [5, 5.41) is 11.4. The third-order valence-corrected chi connectivity index (χ3v) is 6.47. The van der Waals surface area contributed by atoms with Crippen LogP contribution in [0.15, 0.2) is 36.4 Å². The summed E-state index contributed by atoms with van der Waals surface area (Å²) in [4.78, 5) is 37.8. The Hall–Kier alpha value is -3.61. The van der Waals surface area contributed by atoms with Gasteiger partial charge in [0.15, 0.2) is 0 Å². The standard InChI is InChI=1S/C28H30O7/c1-17-8-6-12-20(29)11-5-3-4-9-19-15-23-26(27(31)25(19)28(32)34-17)22(16-24(30)35-23)18-10-7-13-21(14-18)33-2/h4,7,9-10,13-15,17,22,31H,3,5-6,8,11-12,16H2,1-2H3/t17-,22+/m0/s1. The number of Topliss-reactive ketones (excluding diaryl/α,β-unsaturated/α-hetero) is 1. The molecule has 0 spiro atoms. The van der Waals surface area contributed by atoms with Crippen molar-refractivity contribution >= 4 is 23.8 Å². The Balaban J connectivity index is 1.81. The quantitative estimate of drug-likeness (QED) is 0.460. The van der Waals surface area contributed by atoms with Crippen molar-refractivity contribution in [2.75, 3.05) is 7.11 Å². The Kier molecular flexibility index (Phi) is 7.54. The van der Waals surface area contributed by atoms with Gasteiger partial charge in [-0.15, -0.1) is 0 Å². The number of phenolic OH excluding ortho intramolecular Hbond substituents is 1. The number of ether oxygens (including phenoxy) is 3. The van der Waals surface area contributed by atoms with Crippen molar-refractivity contribution in [3.8, 4) is 17.2 Å². The van der Waals surface area contributed by atoms with Gasteiger partial charge in [-0.3, -0.25) is 9.59 Å². The fourth-order valence-electron chi connectivity index (χ4n) is 4.66. The topological polar surface area (TPSA) is 99.1 Å². The summed E-state index contributed by atoms with van der Waals surface area (Å²) in [5.41, 5.74) is 1.59. The highest BCUT2D eigenvalue weighted by Gasteiger charge is 2.35.